The number of ether oxygens (including phenoxy) is 1. The third kappa shape index (κ3) is 5.32. The minimum atomic E-state index is -3.84. The van der Waals surface area contributed by atoms with Gasteiger partial charge in [-0.05, 0) is 24.5 Å². The molecule has 0 saturated carbocycles. The van der Waals surface area contributed by atoms with Crippen LogP contribution in [0.25, 0.3) is 0 Å². The number of carboxylic acids is 1. The lowest BCUT2D eigenvalue weighted by Crippen LogP contribution is -2.27. The molecule has 0 bridgehead atoms. The predicted molar refractivity (Wildman–Crippen MR) is 71.1 cm³/mol. The van der Waals surface area contributed by atoms with Crippen LogP contribution >= 0.6 is 0 Å². The summed E-state index contributed by atoms with van der Waals surface area (Å²) in [5, 5.41) is 8.23. The van der Waals surface area contributed by atoms with Crippen LogP contribution in [0.2, 0.25) is 0 Å². The minimum absolute atomic E-state index is 0.101. The fraction of sp³-hybridized carbons (Fsp3) is 0.583. The highest BCUT2D eigenvalue weighted by atomic mass is 32.2. The van der Waals surface area contributed by atoms with Crippen LogP contribution in [0.3, 0.4) is 0 Å². The van der Waals surface area contributed by atoms with Crippen LogP contribution in [0.1, 0.15) is 30.8 Å². The molecular weight excluding hydrogens is 286 g/mol. The number of carboxylic acid groups (broad SMARTS) is 1. The average Bonchev–Trinajstić information content (AvgIpc) is 2.83. The molecule has 1 heterocycles. The molecule has 20 heavy (non-hydrogen) atoms. The van der Waals surface area contributed by atoms with Crippen molar-refractivity contribution in [2.24, 2.45) is 5.92 Å². The standard InChI is InChI=1S/C12H19NO6S/c1-9(2)5-7-18-8-6-13-20(16,17)11-4-3-10(19-11)12(14)15/h3-4,9,13H,5-8H2,1-2H3,(H,14,15). The Bertz CT molecular complexity index is 534. The van der Waals surface area contributed by atoms with Crippen LogP contribution in [0.4, 0.5) is 0 Å². The highest BCUT2D eigenvalue weighted by Gasteiger charge is 2.20. The van der Waals surface area contributed by atoms with Crippen molar-refractivity contribution in [3.63, 3.8) is 0 Å². The lowest BCUT2D eigenvalue weighted by Gasteiger charge is -2.07. The summed E-state index contributed by atoms with van der Waals surface area (Å²) in [5.74, 6) is -1.20. The molecule has 1 rings (SSSR count). The second-order valence-electron chi connectivity index (χ2n) is 4.62. The van der Waals surface area contributed by atoms with E-state index < -0.39 is 26.8 Å². The van der Waals surface area contributed by atoms with E-state index in [1.807, 2.05) is 0 Å². The van der Waals surface area contributed by atoms with Crippen molar-refractivity contribution in [1.29, 1.82) is 0 Å². The maximum Gasteiger partial charge on any atom is 0.371 e. The van der Waals surface area contributed by atoms with Crippen LogP contribution in [0, 0.1) is 5.92 Å². The largest absolute Gasteiger partial charge is 0.475 e. The zero-order valence-electron chi connectivity index (χ0n) is 11.5. The van der Waals surface area contributed by atoms with Crippen molar-refractivity contribution >= 4 is 16.0 Å². The van der Waals surface area contributed by atoms with E-state index in [9.17, 15) is 13.2 Å². The van der Waals surface area contributed by atoms with Crippen molar-refractivity contribution in [3.05, 3.63) is 17.9 Å². The van der Waals surface area contributed by atoms with Crippen LogP contribution in [-0.4, -0.2) is 39.3 Å². The smallest absolute Gasteiger partial charge is 0.371 e. The van der Waals surface area contributed by atoms with Gasteiger partial charge < -0.3 is 14.3 Å². The van der Waals surface area contributed by atoms with E-state index in [-0.39, 0.29) is 13.2 Å². The monoisotopic (exact) mass is 305 g/mol. The van der Waals surface area contributed by atoms with E-state index in [2.05, 4.69) is 18.6 Å². The number of carbonyl (C=O) groups is 1. The maximum absolute atomic E-state index is 11.8. The average molecular weight is 305 g/mol. The molecule has 7 nitrogen and oxygen atoms in total. The first-order valence-electron chi connectivity index (χ1n) is 6.23. The highest BCUT2D eigenvalue weighted by molar-refractivity contribution is 7.89. The molecule has 0 aliphatic carbocycles. The van der Waals surface area contributed by atoms with Gasteiger partial charge in [-0.2, -0.15) is 0 Å². The zero-order chi connectivity index (χ0) is 15.2. The molecule has 0 unspecified atom stereocenters. The Hall–Kier alpha value is -1.38. The van der Waals surface area contributed by atoms with E-state index in [4.69, 9.17) is 14.3 Å². The molecule has 0 saturated heterocycles. The molecule has 0 spiro atoms. The summed E-state index contributed by atoms with van der Waals surface area (Å²) in [6.45, 7) is 5.07. The quantitative estimate of drug-likeness (QED) is 0.666. The van der Waals surface area contributed by atoms with Gasteiger partial charge in [0.1, 0.15) is 0 Å². The molecule has 0 aliphatic rings. The summed E-state index contributed by atoms with van der Waals surface area (Å²) in [7, 11) is -3.84. The van der Waals surface area contributed by atoms with Crippen molar-refractivity contribution in [2.75, 3.05) is 19.8 Å². The molecule has 1 aromatic rings. The number of hydrogen-bond acceptors (Lipinski definition) is 5. The Labute approximate surface area is 118 Å². The van der Waals surface area contributed by atoms with Crippen molar-refractivity contribution in [1.82, 2.24) is 4.72 Å². The second kappa shape index (κ2) is 7.41. The van der Waals surface area contributed by atoms with E-state index in [1.165, 1.54) is 0 Å². The molecule has 0 aromatic carbocycles. The number of aromatic carboxylic acids is 1. The molecule has 8 heteroatoms. The molecular formula is C12H19NO6S. The Morgan fingerprint density at radius 3 is 2.65 bits per heavy atom. The third-order valence-electron chi connectivity index (χ3n) is 2.44. The minimum Gasteiger partial charge on any atom is -0.475 e. The van der Waals surface area contributed by atoms with Gasteiger partial charge in [0.15, 0.2) is 0 Å². The number of hydrogen-bond donors (Lipinski definition) is 2. The van der Waals surface area contributed by atoms with E-state index in [1.54, 1.807) is 0 Å². The zero-order valence-corrected chi connectivity index (χ0v) is 12.3. The maximum atomic E-state index is 11.8. The second-order valence-corrected chi connectivity index (χ2v) is 6.31. The number of nitrogens with one attached hydrogen (secondary N) is 1. The Kier molecular flexibility index (Phi) is 6.18. The summed E-state index contributed by atoms with van der Waals surface area (Å²) in [6.07, 6.45) is 0.910. The molecule has 0 fully saturated rings. The van der Waals surface area contributed by atoms with Gasteiger partial charge in [0.25, 0.3) is 10.0 Å². The van der Waals surface area contributed by atoms with Gasteiger partial charge in [0.2, 0.25) is 10.9 Å². The normalized spacial score (nSPS) is 11.9. The molecule has 2 N–H and O–H groups in total. The van der Waals surface area contributed by atoms with Gasteiger partial charge in [-0.25, -0.2) is 17.9 Å². The lowest BCUT2D eigenvalue weighted by atomic mass is 10.1. The first-order chi connectivity index (χ1) is 9.33. The van der Waals surface area contributed by atoms with Gasteiger partial charge in [-0.3, -0.25) is 0 Å². The SMILES string of the molecule is CC(C)CCOCCNS(=O)(=O)c1ccc(C(=O)O)o1. The number of furan rings is 1. The van der Waals surface area contributed by atoms with Gasteiger partial charge >= 0.3 is 5.97 Å². The van der Waals surface area contributed by atoms with Crippen molar-refractivity contribution in [3.8, 4) is 0 Å². The molecule has 0 amide bonds. The predicted octanol–water partition coefficient (Wildman–Crippen LogP) is 1.32. The molecule has 114 valence electrons. The van der Waals surface area contributed by atoms with Gasteiger partial charge in [0.05, 0.1) is 6.61 Å². The highest BCUT2D eigenvalue weighted by Crippen LogP contribution is 2.13. The summed E-state index contributed by atoms with van der Waals surface area (Å²) < 4.78 is 35.8. The molecule has 1 aromatic heterocycles. The van der Waals surface area contributed by atoms with Crippen LogP contribution in [0.15, 0.2) is 21.6 Å². The Balaban J connectivity index is 2.39. The van der Waals surface area contributed by atoms with Crippen molar-refractivity contribution in [2.45, 2.75) is 25.4 Å². The van der Waals surface area contributed by atoms with Gasteiger partial charge in [-0.15, -0.1) is 0 Å². The first-order valence-corrected chi connectivity index (χ1v) is 7.72. The molecule has 0 atom stereocenters. The summed E-state index contributed by atoms with van der Waals surface area (Å²) in [4.78, 5) is 10.6. The van der Waals surface area contributed by atoms with Crippen LogP contribution in [0.5, 0.6) is 0 Å². The van der Waals surface area contributed by atoms with Gasteiger partial charge in [-0.1, -0.05) is 13.8 Å². The Morgan fingerprint density at radius 1 is 1.40 bits per heavy atom. The van der Waals surface area contributed by atoms with Crippen molar-refractivity contribution < 1.29 is 27.5 Å². The fourth-order valence-corrected chi connectivity index (χ4v) is 2.26. The summed E-state index contributed by atoms with van der Waals surface area (Å²) >= 11 is 0. The summed E-state index contributed by atoms with van der Waals surface area (Å²) in [6, 6.07) is 2.20. The Morgan fingerprint density at radius 2 is 2.10 bits per heavy atom. The topological polar surface area (TPSA) is 106 Å². The van der Waals surface area contributed by atoms with E-state index >= 15 is 0 Å². The number of sulfonamides is 1. The van der Waals surface area contributed by atoms with E-state index in [0.717, 1.165) is 18.6 Å². The fourth-order valence-electron chi connectivity index (χ4n) is 1.32. The lowest BCUT2D eigenvalue weighted by molar-refractivity contribution is 0.0656. The first kappa shape index (κ1) is 16.7. The van der Waals surface area contributed by atoms with Crippen LogP contribution < -0.4 is 4.72 Å². The van der Waals surface area contributed by atoms with E-state index in [0.29, 0.717) is 12.5 Å². The molecule has 0 aliphatic heterocycles. The third-order valence-corrected chi connectivity index (χ3v) is 3.77. The number of rotatable bonds is 9. The summed E-state index contributed by atoms with van der Waals surface area (Å²) in [5.41, 5.74) is 0. The van der Waals surface area contributed by atoms with Crippen LogP contribution in [-0.2, 0) is 14.8 Å². The molecule has 0 radical (unpaired) electrons. The van der Waals surface area contributed by atoms with Gasteiger partial charge in [0, 0.05) is 13.2 Å².